The number of hydrogen-bond acceptors (Lipinski definition) is 5. The van der Waals surface area contributed by atoms with E-state index in [1.54, 1.807) is 0 Å². The van der Waals surface area contributed by atoms with Crippen molar-refractivity contribution < 1.29 is 9.53 Å². The summed E-state index contributed by atoms with van der Waals surface area (Å²) >= 11 is 0. The van der Waals surface area contributed by atoms with Crippen molar-refractivity contribution in [2.75, 3.05) is 38.8 Å². The molecule has 156 valence electrons. The zero-order chi connectivity index (χ0) is 20.7. The minimum Gasteiger partial charge on any atom is -0.381 e. The van der Waals surface area contributed by atoms with Crippen LogP contribution in [0.15, 0.2) is 30.7 Å². The molecule has 7 nitrogen and oxygen atoms in total. The van der Waals surface area contributed by atoms with Crippen LogP contribution in [0.3, 0.4) is 0 Å². The quantitative estimate of drug-likeness (QED) is 0.706. The van der Waals surface area contributed by atoms with Crippen LogP contribution in [0.4, 0.5) is 5.69 Å². The lowest BCUT2D eigenvalue weighted by Gasteiger charge is -2.27. The smallest absolute Gasteiger partial charge is 0.233 e. The van der Waals surface area contributed by atoms with Gasteiger partial charge in [-0.1, -0.05) is 0 Å². The lowest BCUT2D eigenvalue weighted by atomic mass is 9.99. The van der Waals surface area contributed by atoms with Crippen LogP contribution in [0, 0.1) is 5.92 Å². The Bertz CT molecular complexity index is 1080. The molecule has 3 aromatic rings. The van der Waals surface area contributed by atoms with Crippen molar-refractivity contribution in [2.45, 2.75) is 25.8 Å². The lowest BCUT2D eigenvalue weighted by molar-refractivity contribution is -0.117. The Morgan fingerprint density at radius 1 is 1.17 bits per heavy atom. The predicted molar refractivity (Wildman–Crippen MR) is 116 cm³/mol. The Morgan fingerprint density at radius 2 is 1.93 bits per heavy atom. The van der Waals surface area contributed by atoms with E-state index in [0.29, 0.717) is 12.3 Å². The molecule has 1 saturated heterocycles. The highest BCUT2D eigenvalue weighted by atomic mass is 16.5. The van der Waals surface area contributed by atoms with E-state index in [1.807, 2.05) is 23.5 Å². The molecule has 5 rings (SSSR count). The number of anilines is 1. The molecule has 2 aliphatic rings. The molecule has 1 fully saturated rings. The second kappa shape index (κ2) is 7.81. The Hall–Kier alpha value is -2.77. The first-order valence-corrected chi connectivity index (χ1v) is 10.6. The lowest BCUT2D eigenvalue weighted by Crippen LogP contribution is -2.34. The summed E-state index contributed by atoms with van der Waals surface area (Å²) < 4.78 is 5.47. The van der Waals surface area contributed by atoms with Gasteiger partial charge in [-0.15, -0.1) is 0 Å². The van der Waals surface area contributed by atoms with Gasteiger partial charge in [0.15, 0.2) is 0 Å². The van der Waals surface area contributed by atoms with Crippen LogP contribution in [0.2, 0.25) is 0 Å². The summed E-state index contributed by atoms with van der Waals surface area (Å²) in [4.78, 5) is 29.3. The minimum atomic E-state index is 0.147. The SMILES string of the molecule is CN(C)Cc1c[nH]c2ncc(-c3cnc4c(c3)N(CC3CCOCC3)C(=O)C4)cc12. The molecule has 0 radical (unpaired) electrons. The number of amides is 1. The van der Waals surface area contributed by atoms with Crippen molar-refractivity contribution >= 4 is 22.6 Å². The van der Waals surface area contributed by atoms with Crippen LogP contribution in [-0.2, 0) is 22.5 Å². The summed E-state index contributed by atoms with van der Waals surface area (Å²) in [5.74, 6) is 0.636. The molecule has 7 heteroatoms. The molecule has 0 spiro atoms. The van der Waals surface area contributed by atoms with Crippen molar-refractivity contribution in [1.29, 1.82) is 0 Å². The number of nitrogens with zero attached hydrogens (tertiary/aromatic N) is 4. The number of rotatable bonds is 5. The summed E-state index contributed by atoms with van der Waals surface area (Å²) in [7, 11) is 4.12. The maximum Gasteiger partial charge on any atom is 0.233 e. The van der Waals surface area contributed by atoms with Crippen LogP contribution < -0.4 is 4.90 Å². The summed E-state index contributed by atoms with van der Waals surface area (Å²) in [6, 6.07) is 4.27. The van der Waals surface area contributed by atoms with Crippen molar-refractivity contribution in [1.82, 2.24) is 19.9 Å². The summed E-state index contributed by atoms with van der Waals surface area (Å²) in [6.45, 7) is 3.17. The maximum atomic E-state index is 12.7. The standard InChI is InChI=1S/C23H27N5O2/c1-27(2)14-18-12-26-23-19(18)7-16(11-25-23)17-8-21-20(24-10-17)9-22(29)28(21)13-15-3-5-30-6-4-15/h7-8,10-12,15H,3-6,9,13-14H2,1-2H3,(H,25,26). The van der Waals surface area contributed by atoms with Gasteiger partial charge >= 0.3 is 0 Å². The average Bonchev–Trinajstić information content (AvgIpc) is 3.28. The van der Waals surface area contributed by atoms with Gasteiger partial charge in [0.2, 0.25) is 5.91 Å². The Labute approximate surface area is 176 Å². The molecule has 0 bridgehead atoms. The molecule has 0 saturated carbocycles. The Kier molecular flexibility index (Phi) is 5.00. The number of fused-ring (bicyclic) bond motifs is 2. The third kappa shape index (κ3) is 3.59. The van der Waals surface area contributed by atoms with Gasteiger partial charge in [-0.3, -0.25) is 9.78 Å². The summed E-state index contributed by atoms with van der Waals surface area (Å²) in [5, 5.41) is 1.12. The van der Waals surface area contributed by atoms with Crippen LogP contribution >= 0.6 is 0 Å². The first kappa shape index (κ1) is 19.2. The fraction of sp³-hybridized carbons (Fsp3) is 0.435. The molecule has 0 aliphatic carbocycles. The zero-order valence-corrected chi connectivity index (χ0v) is 17.5. The van der Waals surface area contributed by atoms with Gasteiger partial charge in [0.05, 0.1) is 17.8 Å². The number of H-pyrrole nitrogens is 1. The fourth-order valence-electron chi connectivity index (χ4n) is 4.46. The number of aromatic amines is 1. The summed E-state index contributed by atoms with van der Waals surface area (Å²) in [6.07, 6.45) is 8.17. The molecule has 1 amide bonds. The van der Waals surface area contributed by atoms with Crippen LogP contribution in [-0.4, -0.2) is 59.6 Å². The second-order valence-electron chi connectivity index (χ2n) is 8.60. The average molecular weight is 406 g/mol. The Morgan fingerprint density at radius 3 is 2.73 bits per heavy atom. The van der Waals surface area contributed by atoms with Gasteiger partial charge in [-0.05, 0) is 50.6 Å². The number of pyridine rings is 2. The minimum absolute atomic E-state index is 0.147. The second-order valence-corrected chi connectivity index (χ2v) is 8.60. The van der Waals surface area contributed by atoms with E-state index < -0.39 is 0 Å². The predicted octanol–water partition coefficient (Wildman–Crippen LogP) is 3.00. The molecular formula is C23H27N5O2. The first-order valence-electron chi connectivity index (χ1n) is 10.6. The third-order valence-corrected chi connectivity index (χ3v) is 6.08. The zero-order valence-electron chi connectivity index (χ0n) is 17.5. The van der Waals surface area contributed by atoms with Crippen LogP contribution in [0.25, 0.3) is 22.2 Å². The van der Waals surface area contributed by atoms with Crippen LogP contribution in [0.1, 0.15) is 24.1 Å². The van der Waals surface area contributed by atoms with Gasteiger partial charge < -0.3 is 19.5 Å². The highest BCUT2D eigenvalue weighted by molar-refractivity contribution is 6.01. The number of carbonyl (C=O) groups is 1. The van der Waals surface area contributed by atoms with Crippen molar-refractivity contribution in [3.63, 3.8) is 0 Å². The highest BCUT2D eigenvalue weighted by Crippen LogP contribution is 2.34. The van der Waals surface area contributed by atoms with Gasteiger partial charge in [0.25, 0.3) is 0 Å². The molecule has 0 unspecified atom stereocenters. The molecule has 1 N–H and O–H groups in total. The molecule has 30 heavy (non-hydrogen) atoms. The topological polar surface area (TPSA) is 74.3 Å². The molecule has 5 heterocycles. The van der Waals surface area contributed by atoms with Gasteiger partial charge in [-0.25, -0.2) is 4.98 Å². The molecule has 3 aromatic heterocycles. The third-order valence-electron chi connectivity index (χ3n) is 6.08. The summed E-state index contributed by atoms with van der Waals surface area (Å²) in [5.41, 5.74) is 5.94. The molecular weight excluding hydrogens is 378 g/mol. The van der Waals surface area contributed by atoms with Crippen molar-refractivity contribution in [3.05, 3.63) is 42.0 Å². The fourth-order valence-corrected chi connectivity index (χ4v) is 4.46. The van der Waals surface area contributed by atoms with Crippen LogP contribution in [0.5, 0.6) is 0 Å². The van der Waals surface area contributed by atoms with Gasteiger partial charge in [-0.2, -0.15) is 0 Å². The van der Waals surface area contributed by atoms with Crippen molar-refractivity contribution in [3.8, 4) is 11.1 Å². The normalized spacial score (nSPS) is 17.3. The number of hydrogen-bond donors (Lipinski definition) is 1. The van der Waals surface area contributed by atoms with Gasteiger partial charge in [0, 0.05) is 61.4 Å². The van der Waals surface area contributed by atoms with E-state index in [1.165, 1.54) is 5.56 Å². The van der Waals surface area contributed by atoms with Crippen molar-refractivity contribution in [2.24, 2.45) is 5.92 Å². The van der Waals surface area contributed by atoms with E-state index in [9.17, 15) is 4.79 Å². The Balaban J connectivity index is 1.47. The number of carbonyl (C=O) groups excluding carboxylic acids is 1. The molecule has 2 aliphatic heterocycles. The number of ether oxygens (including phenoxy) is 1. The maximum absolute atomic E-state index is 12.7. The monoisotopic (exact) mass is 405 g/mol. The number of nitrogens with one attached hydrogen (secondary N) is 1. The number of aromatic nitrogens is 3. The highest BCUT2D eigenvalue weighted by Gasteiger charge is 2.31. The van der Waals surface area contributed by atoms with Gasteiger partial charge in [0.1, 0.15) is 5.65 Å². The van der Waals surface area contributed by atoms with E-state index in [0.717, 1.165) is 72.7 Å². The van der Waals surface area contributed by atoms with E-state index in [-0.39, 0.29) is 5.91 Å². The molecule has 0 atom stereocenters. The molecule has 0 aromatic carbocycles. The largest absolute Gasteiger partial charge is 0.381 e. The van der Waals surface area contributed by atoms with E-state index >= 15 is 0 Å². The van der Waals surface area contributed by atoms with E-state index in [2.05, 4.69) is 46.1 Å². The first-order chi connectivity index (χ1) is 14.6. The van der Waals surface area contributed by atoms with E-state index in [4.69, 9.17) is 4.74 Å².